The fourth-order valence-corrected chi connectivity index (χ4v) is 2.05. The molecular weight excluding hydrogens is 186 g/mol. The van der Waals surface area contributed by atoms with E-state index < -0.39 is 0 Å². The van der Waals surface area contributed by atoms with Gasteiger partial charge in [0.15, 0.2) is 0 Å². The SMILES string of the molecule is CNCCC=C(C)CCCC1CCCO1. The first kappa shape index (κ1) is 12.7. The summed E-state index contributed by atoms with van der Waals surface area (Å²) in [5, 5.41) is 3.16. The number of hydrogen-bond acceptors (Lipinski definition) is 2. The van der Waals surface area contributed by atoms with Crippen molar-refractivity contribution in [2.45, 2.75) is 51.6 Å². The largest absolute Gasteiger partial charge is 0.378 e. The zero-order valence-electron chi connectivity index (χ0n) is 10.2. The Labute approximate surface area is 94.1 Å². The topological polar surface area (TPSA) is 21.3 Å². The second-order valence-electron chi connectivity index (χ2n) is 4.47. The van der Waals surface area contributed by atoms with Crippen LogP contribution in [0.25, 0.3) is 0 Å². The molecule has 0 aromatic carbocycles. The van der Waals surface area contributed by atoms with Crippen LogP contribution in [0.3, 0.4) is 0 Å². The molecule has 0 aliphatic carbocycles. The van der Waals surface area contributed by atoms with Crippen molar-refractivity contribution in [3.05, 3.63) is 11.6 Å². The van der Waals surface area contributed by atoms with Crippen molar-refractivity contribution in [2.75, 3.05) is 20.2 Å². The van der Waals surface area contributed by atoms with Gasteiger partial charge in [0.1, 0.15) is 0 Å². The average Bonchev–Trinajstić information content (AvgIpc) is 2.71. The molecule has 0 radical (unpaired) electrons. The lowest BCUT2D eigenvalue weighted by Gasteiger charge is -2.08. The number of hydrogen-bond donors (Lipinski definition) is 1. The van der Waals surface area contributed by atoms with Gasteiger partial charge in [-0.3, -0.25) is 0 Å². The van der Waals surface area contributed by atoms with E-state index >= 15 is 0 Å². The van der Waals surface area contributed by atoms with Crippen molar-refractivity contribution in [1.82, 2.24) is 5.32 Å². The molecule has 88 valence electrons. The van der Waals surface area contributed by atoms with Gasteiger partial charge in [0.05, 0.1) is 6.10 Å². The quantitative estimate of drug-likeness (QED) is 0.516. The highest BCUT2D eigenvalue weighted by atomic mass is 16.5. The molecule has 1 atom stereocenters. The van der Waals surface area contributed by atoms with Gasteiger partial charge in [0.2, 0.25) is 0 Å². The summed E-state index contributed by atoms with van der Waals surface area (Å²) >= 11 is 0. The van der Waals surface area contributed by atoms with Crippen molar-refractivity contribution in [1.29, 1.82) is 0 Å². The first-order valence-electron chi connectivity index (χ1n) is 6.24. The van der Waals surface area contributed by atoms with E-state index in [4.69, 9.17) is 4.74 Å². The Kier molecular flexibility index (Phi) is 6.69. The molecule has 1 aliphatic rings. The monoisotopic (exact) mass is 211 g/mol. The van der Waals surface area contributed by atoms with E-state index in [-0.39, 0.29) is 0 Å². The van der Waals surface area contributed by atoms with Gasteiger partial charge >= 0.3 is 0 Å². The highest BCUT2D eigenvalue weighted by molar-refractivity contribution is 4.97. The summed E-state index contributed by atoms with van der Waals surface area (Å²) in [5.41, 5.74) is 1.53. The summed E-state index contributed by atoms with van der Waals surface area (Å²) in [6.45, 7) is 4.32. The molecule has 2 nitrogen and oxygen atoms in total. The molecule has 15 heavy (non-hydrogen) atoms. The second-order valence-corrected chi connectivity index (χ2v) is 4.47. The van der Waals surface area contributed by atoms with Gasteiger partial charge in [-0.05, 0) is 59.0 Å². The molecule has 0 saturated carbocycles. The third-order valence-electron chi connectivity index (χ3n) is 3.01. The molecule has 0 aromatic rings. The Morgan fingerprint density at radius 1 is 1.53 bits per heavy atom. The molecule has 1 rings (SSSR count). The maximum absolute atomic E-state index is 5.60. The highest BCUT2D eigenvalue weighted by Crippen LogP contribution is 2.19. The van der Waals surface area contributed by atoms with Gasteiger partial charge in [-0.15, -0.1) is 0 Å². The van der Waals surface area contributed by atoms with Crippen molar-refractivity contribution in [3.63, 3.8) is 0 Å². The van der Waals surface area contributed by atoms with Crippen LogP contribution < -0.4 is 5.32 Å². The molecule has 0 bridgehead atoms. The molecule has 0 spiro atoms. The number of rotatable bonds is 7. The first-order chi connectivity index (χ1) is 7.33. The van der Waals surface area contributed by atoms with Crippen molar-refractivity contribution >= 4 is 0 Å². The van der Waals surface area contributed by atoms with Crippen LogP contribution >= 0.6 is 0 Å². The minimum Gasteiger partial charge on any atom is -0.378 e. The molecule has 1 fully saturated rings. The van der Waals surface area contributed by atoms with Gasteiger partial charge < -0.3 is 10.1 Å². The summed E-state index contributed by atoms with van der Waals surface area (Å²) in [4.78, 5) is 0. The summed E-state index contributed by atoms with van der Waals surface area (Å²) in [6.07, 6.45) is 10.4. The Hall–Kier alpha value is -0.340. The van der Waals surface area contributed by atoms with Crippen molar-refractivity contribution in [2.24, 2.45) is 0 Å². The van der Waals surface area contributed by atoms with Crippen LogP contribution in [0, 0.1) is 0 Å². The minimum absolute atomic E-state index is 0.565. The summed E-state index contributed by atoms with van der Waals surface area (Å²) in [5.74, 6) is 0. The Balaban J connectivity index is 2.00. The van der Waals surface area contributed by atoms with Gasteiger partial charge in [-0.25, -0.2) is 0 Å². The van der Waals surface area contributed by atoms with E-state index in [9.17, 15) is 0 Å². The third kappa shape index (κ3) is 5.95. The zero-order valence-corrected chi connectivity index (χ0v) is 10.2. The lowest BCUT2D eigenvalue weighted by Crippen LogP contribution is -2.06. The van der Waals surface area contributed by atoms with Crippen molar-refractivity contribution in [3.8, 4) is 0 Å². The standard InChI is InChI=1S/C13H25NO/c1-12(7-4-10-14-2)6-3-8-13-9-5-11-15-13/h7,13-14H,3-6,8-11H2,1-2H3. The van der Waals surface area contributed by atoms with Gasteiger partial charge in [0, 0.05) is 6.61 Å². The lowest BCUT2D eigenvalue weighted by atomic mass is 10.0. The van der Waals surface area contributed by atoms with Crippen LogP contribution in [-0.2, 0) is 4.74 Å². The van der Waals surface area contributed by atoms with E-state index in [2.05, 4.69) is 18.3 Å². The van der Waals surface area contributed by atoms with E-state index in [1.807, 2.05) is 7.05 Å². The van der Waals surface area contributed by atoms with Gasteiger partial charge in [-0.1, -0.05) is 11.6 Å². The minimum atomic E-state index is 0.565. The predicted octanol–water partition coefficient (Wildman–Crippen LogP) is 2.89. The Morgan fingerprint density at radius 3 is 3.07 bits per heavy atom. The van der Waals surface area contributed by atoms with Crippen LogP contribution in [0.4, 0.5) is 0 Å². The Morgan fingerprint density at radius 2 is 2.40 bits per heavy atom. The van der Waals surface area contributed by atoms with Crippen LogP contribution in [0.2, 0.25) is 0 Å². The maximum Gasteiger partial charge on any atom is 0.0576 e. The summed E-state index contributed by atoms with van der Waals surface area (Å²) in [7, 11) is 2.00. The normalized spacial score (nSPS) is 22.3. The Bertz CT molecular complexity index is 183. The molecule has 2 heteroatoms. The van der Waals surface area contributed by atoms with Crippen LogP contribution in [-0.4, -0.2) is 26.3 Å². The van der Waals surface area contributed by atoms with Crippen molar-refractivity contribution < 1.29 is 4.74 Å². The second kappa shape index (κ2) is 7.89. The molecule has 0 amide bonds. The average molecular weight is 211 g/mol. The van der Waals surface area contributed by atoms with E-state index in [0.717, 1.165) is 19.6 Å². The highest BCUT2D eigenvalue weighted by Gasteiger charge is 2.14. The fraction of sp³-hybridized carbons (Fsp3) is 0.846. The van der Waals surface area contributed by atoms with Gasteiger partial charge in [0.25, 0.3) is 0 Å². The third-order valence-corrected chi connectivity index (χ3v) is 3.01. The number of nitrogens with one attached hydrogen (secondary N) is 1. The van der Waals surface area contributed by atoms with E-state index in [1.165, 1.54) is 37.7 Å². The van der Waals surface area contributed by atoms with E-state index in [1.54, 1.807) is 0 Å². The van der Waals surface area contributed by atoms with Crippen LogP contribution in [0.1, 0.15) is 45.4 Å². The smallest absolute Gasteiger partial charge is 0.0576 e. The zero-order chi connectivity index (χ0) is 10.9. The maximum atomic E-state index is 5.60. The van der Waals surface area contributed by atoms with Gasteiger partial charge in [-0.2, -0.15) is 0 Å². The van der Waals surface area contributed by atoms with Crippen LogP contribution in [0.5, 0.6) is 0 Å². The molecular formula is C13H25NO. The lowest BCUT2D eigenvalue weighted by molar-refractivity contribution is 0.102. The molecule has 0 aromatic heterocycles. The molecule has 1 saturated heterocycles. The molecule has 1 aliphatic heterocycles. The predicted molar refractivity (Wildman–Crippen MR) is 65.1 cm³/mol. The number of ether oxygens (including phenoxy) is 1. The van der Waals surface area contributed by atoms with Crippen LogP contribution in [0.15, 0.2) is 11.6 Å². The first-order valence-corrected chi connectivity index (χ1v) is 6.24. The fourth-order valence-electron chi connectivity index (χ4n) is 2.05. The van der Waals surface area contributed by atoms with E-state index in [0.29, 0.717) is 6.10 Å². The molecule has 1 N–H and O–H groups in total. The summed E-state index contributed by atoms with van der Waals surface area (Å²) < 4.78 is 5.60. The number of allylic oxidation sites excluding steroid dienone is 1. The summed E-state index contributed by atoms with van der Waals surface area (Å²) in [6, 6.07) is 0. The molecule has 1 heterocycles. The molecule has 1 unspecified atom stereocenters.